The highest BCUT2D eigenvalue weighted by atomic mass is 16.5. The number of ether oxygens (including phenoxy) is 2. The van der Waals surface area contributed by atoms with Crippen LogP contribution < -0.4 is 11.1 Å². The average Bonchev–Trinajstić information content (AvgIpc) is 2.50. The van der Waals surface area contributed by atoms with Crippen LogP contribution in [0.15, 0.2) is 24.3 Å². The van der Waals surface area contributed by atoms with Crippen molar-refractivity contribution in [2.45, 2.75) is 12.6 Å². The highest BCUT2D eigenvalue weighted by Crippen LogP contribution is 2.12. The van der Waals surface area contributed by atoms with E-state index in [9.17, 15) is 4.79 Å². The highest BCUT2D eigenvalue weighted by Gasteiger charge is 2.13. The van der Waals surface area contributed by atoms with Crippen LogP contribution in [0.2, 0.25) is 0 Å². The van der Waals surface area contributed by atoms with Crippen LogP contribution in [0.25, 0.3) is 0 Å². The molecule has 21 heavy (non-hydrogen) atoms. The molecule has 2 rings (SSSR count). The number of nitrogens with zero attached hydrogens (tertiary/aromatic N) is 1. The lowest BCUT2D eigenvalue weighted by Gasteiger charge is -2.26. The second-order valence-electron chi connectivity index (χ2n) is 5.14. The first-order valence-corrected chi connectivity index (χ1v) is 7.13. The van der Waals surface area contributed by atoms with Gasteiger partial charge in [-0.15, -0.1) is 0 Å². The molecule has 0 bridgehead atoms. The van der Waals surface area contributed by atoms with Gasteiger partial charge in [-0.1, -0.05) is 12.1 Å². The minimum atomic E-state index is -0.650. The summed E-state index contributed by atoms with van der Waals surface area (Å²) in [6.45, 7) is 4.63. The topological polar surface area (TPSA) is 76.8 Å². The van der Waals surface area contributed by atoms with Gasteiger partial charge in [-0.05, 0) is 17.7 Å². The normalized spacial score (nSPS) is 17.4. The number of benzene rings is 1. The lowest BCUT2D eigenvalue weighted by atomic mass is 10.2. The van der Waals surface area contributed by atoms with Gasteiger partial charge in [0.15, 0.2) is 0 Å². The third-order valence-electron chi connectivity index (χ3n) is 3.41. The van der Waals surface area contributed by atoms with Crippen molar-refractivity contribution in [3.8, 4) is 0 Å². The first kappa shape index (κ1) is 15.9. The molecule has 1 aliphatic heterocycles. The van der Waals surface area contributed by atoms with Crippen molar-refractivity contribution in [3.05, 3.63) is 29.8 Å². The number of nitrogens with two attached hydrogens (primary N) is 1. The lowest BCUT2D eigenvalue weighted by molar-refractivity contribution is -0.118. The molecule has 1 heterocycles. The lowest BCUT2D eigenvalue weighted by Crippen LogP contribution is -2.39. The molecule has 0 radical (unpaired) electrons. The van der Waals surface area contributed by atoms with Gasteiger partial charge < -0.3 is 20.5 Å². The predicted octanol–water partition coefficient (Wildman–Crippen LogP) is 0.431. The highest BCUT2D eigenvalue weighted by molar-refractivity contribution is 5.94. The van der Waals surface area contributed by atoms with Crippen molar-refractivity contribution in [3.63, 3.8) is 0 Å². The second kappa shape index (κ2) is 8.09. The largest absolute Gasteiger partial charge is 0.383 e. The minimum Gasteiger partial charge on any atom is -0.383 e. The van der Waals surface area contributed by atoms with Crippen molar-refractivity contribution in [2.75, 3.05) is 45.3 Å². The summed E-state index contributed by atoms with van der Waals surface area (Å²) in [6, 6.07) is 7.18. The Morgan fingerprint density at radius 3 is 2.67 bits per heavy atom. The van der Waals surface area contributed by atoms with Gasteiger partial charge in [-0.3, -0.25) is 9.69 Å². The molecule has 6 nitrogen and oxygen atoms in total. The fourth-order valence-corrected chi connectivity index (χ4v) is 2.20. The van der Waals surface area contributed by atoms with Gasteiger partial charge in [0.2, 0.25) is 5.91 Å². The van der Waals surface area contributed by atoms with Crippen molar-refractivity contribution in [1.29, 1.82) is 0 Å². The molecule has 6 heteroatoms. The van der Waals surface area contributed by atoms with Crippen LogP contribution in [0.3, 0.4) is 0 Å². The number of nitrogens with one attached hydrogen (secondary N) is 1. The maximum Gasteiger partial charge on any atom is 0.243 e. The molecule has 1 fully saturated rings. The molecule has 1 aliphatic rings. The van der Waals surface area contributed by atoms with Crippen LogP contribution in [-0.4, -0.2) is 56.9 Å². The van der Waals surface area contributed by atoms with E-state index in [-0.39, 0.29) is 12.5 Å². The smallest absolute Gasteiger partial charge is 0.243 e. The maximum atomic E-state index is 11.8. The summed E-state index contributed by atoms with van der Waals surface area (Å²) >= 11 is 0. The van der Waals surface area contributed by atoms with Crippen LogP contribution in [0.5, 0.6) is 0 Å². The molecule has 1 atom stereocenters. The van der Waals surface area contributed by atoms with Gasteiger partial charge in [-0.25, -0.2) is 0 Å². The van der Waals surface area contributed by atoms with Gasteiger partial charge in [0.25, 0.3) is 0 Å². The zero-order chi connectivity index (χ0) is 15.1. The first-order valence-electron chi connectivity index (χ1n) is 7.13. The molecule has 0 aromatic heterocycles. The Morgan fingerprint density at radius 2 is 2.05 bits per heavy atom. The van der Waals surface area contributed by atoms with E-state index in [4.69, 9.17) is 15.2 Å². The summed E-state index contributed by atoms with van der Waals surface area (Å²) < 4.78 is 10.2. The van der Waals surface area contributed by atoms with E-state index in [1.54, 1.807) is 0 Å². The molecule has 3 N–H and O–H groups in total. The Balaban J connectivity index is 1.85. The van der Waals surface area contributed by atoms with Crippen LogP contribution in [0.1, 0.15) is 5.56 Å². The summed E-state index contributed by atoms with van der Waals surface area (Å²) in [6.07, 6.45) is 0. The van der Waals surface area contributed by atoms with Crippen molar-refractivity contribution in [1.82, 2.24) is 4.90 Å². The quantitative estimate of drug-likeness (QED) is 0.795. The molecule has 0 aliphatic carbocycles. The molecular formula is C15H23N3O3. The summed E-state index contributed by atoms with van der Waals surface area (Å²) in [7, 11) is 1.52. The second-order valence-corrected chi connectivity index (χ2v) is 5.14. The maximum absolute atomic E-state index is 11.8. The number of hydrogen-bond acceptors (Lipinski definition) is 5. The number of methoxy groups -OCH3 is 1. The SMILES string of the molecule is COCC(N)C(=O)Nc1ccc(CN2CCOCC2)cc1. The fourth-order valence-electron chi connectivity index (χ4n) is 2.20. The number of carbonyl (C=O) groups excluding carboxylic acids is 1. The standard InChI is InChI=1S/C15H23N3O3/c1-20-11-14(16)15(19)17-13-4-2-12(3-5-13)10-18-6-8-21-9-7-18/h2-5,14H,6-11,16H2,1H3,(H,17,19). The Bertz CT molecular complexity index is 444. The van der Waals surface area contributed by atoms with Crippen molar-refractivity contribution < 1.29 is 14.3 Å². The molecule has 1 aromatic rings. The number of rotatable bonds is 6. The monoisotopic (exact) mass is 293 g/mol. The first-order chi connectivity index (χ1) is 10.2. The van der Waals surface area contributed by atoms with E-state index < -0.39 is 6.04 Å². The molecule has 1 saturated heterocycles. The molecule has 0 saturated carbocycles. The molecule has 1 unspecified atom stereocenters. The Hall–Kier alpha value is -1.47. The third kappa shape index (κ3) is 5.09. The van der Waals surface area contributed by atoms with Crippen LogP contribution in [0, 0.1) is 0 Å². The van der Waals surface area contributed by atoms with E-state index in [0.29, 0.717) is 0 Å². The summed E-state index contributed by atoms with van der Waals surface area (Å²) in [4.78, 5) is 14.1. The Morgan fingerprint density at radius 1 is 1.38 bits per heavy atom. The molecular weight excluding hydrogens is 270 g/mol. The minimum absolute atomic E-state index is 0.209. The van der Waals surface area contributed by atoms with Crippen molar-refractivity contribution in [2.24, 2.45) is 5.73 Å². The van der Waals surface area contributed by atoms with Gasteiger partial charge in [0.1, 0.15) is 6.04 Å². The summed E-state index contributed by atoms with van der Waals surface area (Å²) in [5.41, 5.74) is 7.64. The van der Waals surface area contributed by atoms with E-state index in [2.05, 4.69) is 10.2 Å². The van der Waals surface area contributed by atoms with Gasteiger partial charge >= 0.3 is 0 Å². The Kier molecular flexibility index (Phi) is 6.13. The zero-order valence-electron chi connectivity index (χ0n) is 12.4. The van der Waals surface area contributed by atoms with Gasteiger partial charge in [0, 0.05) is 32.4 Å². The van der Waals surface area contributed by atoms with E-state index in [0.717, 1.165) is 38.5 Å². The van der Waals surface area contributed by atoms with Crippen molar-refractivity contribution >= 4 is 11.6 Å². The van der Waals surface area contributed by atoms with Gasteiger partial charge in [-0.2, -0.15) is 0 Å². The van der Waals surface area contributed by atoms with E-state index >= 15 is 0 Å². The third-order valence-corrected chi connectivity index (χ3v) is 3.41. The Labute approximate surface area is 125 Å². The average molecular weight is 293 g/mol. The van der Waals surface area contributed by atoms with Crippen LogP contribution in [-0.2, 0) is 20.8 Å². The van der Waals surface area contributed by atoms with Crippen LogP contribution in [0.4, 0.5) is 5.69 Å². The predicted molar refractivity (Wildman–Crippen MR) is 81.0 cm³/mol. The number of anilines is 1. The summed E-state index contributed by atoms with van der Waals surface area (Å²) in [5, 5.41) is 2.78. The van der Waals surface area contributed by atoms with E-state index in [1.165, 1.54) is 12.7 Å². The number of amides is 1. The zero-order valence-corrected chi connectivity index (χ0v) is 12.4. The molecule has 1 aromatic carbocycles. The molecule has 1 amide bonds. The number of hydrogen-bond donors (Lipinski definition) is 2. The van der Waals surface area contributed by atoms with Gasteiger partial charge in [0.05, 0.1) is 19.8 Å². The number of carbonyl (C=O) groups is 1. The fraction of sp³-hybridized carbons (Fsp3) is 0.533. The van der Waals surface area contributed by atoms with E-state index in [1.807, 2.05) is 24.3 Å². The van der Waals surface area contributed by atoms with Crippen LogP contribution >= 0.6 is 0 Å². The summed E-state index contributed by atoms with van der Waals surface area (Å²) in [5.74, 6) is -0.238. The molecule has 116 valence electrons. The number of morpholine rings is 1. The molecule has 0 spiro atoms.